The van der Waals surface area contributed by atoms with Gasteiger partial charge in [-0.1, -0.05) is 0 Å². The fourth-order valence-electron chi connectivity index (χ4n) is 1.40. The van der Waals surface area contributed by atoms with Gasteiger partial charge in [0, 0.05) is 25.5 Å². The molecule has 0 radical (unpaired) electrons. The molecule has 0 aromatic heterocycles. The summed E-state index contributed by atoms with van der Waals surface area (Å²) in [5.74, 6) is -3.21. The maximum absolute atomic E-state index is 12.3. The monoisotopic (exact) mass is 197 g/mol. The van der Waals surface area contributed by atoms with Gasteiger partial charge in [-0.05, 0) is 0 Å². The van der Waals surface area contributed by atoms with Gasteiger partial charge in [0.2, 0.25) is 5.91 Å². The molecular formula is C7H10F3NO2. The highest BCUT2D eigenvalue weighted by molar-refractivity contribution is 5.77. The number of carbonyl (C=O) groups excluding carboxylic acids is 1. The van der Waals surface area contributed by atoms with Gasteiger partial charge in [0.25, 0.3) is 0 Å². The molecule has 6 heteroatoms. The van der Waals surface area contributed by atoms with Crippen molar-refractivity contribution in [3.05, 3.63) is 0 Å². The Labute approximate surface area is 72.9 Å². The summed E-state index contributed by atoms with van der Waals surface area (Å²) in [5.41, 5.74) is 0. The number of aliphatic hydroxyl groups excluding tert-OH is 1. The van der Waals surface area contributed by atoms with Gasteiger partial charge in [-0.25, -0.2) is 0 Å². The van der Waals surface area contributed by atoms with Crippen LogP contribution in [0.5, 0.6) is 0 Å². The van der Waals surface area contributed by atoms with E-state index in [0.717, 1.165) is 0 Å². The van der Waals surface area contributed by atoms with Gasteiger partial charge in [-0.3, -0.25) is 4.79 Å². The smallest absolute Gasteiger partial charge is 0.392 e. The third-order valence-corrected chi connectivity index (χ3v) is 2.19. The molecule has 0 bridgehead atoms. The Morgan fingerprint density at radius 1 is 1.54 bits per heavy atom. The summed E-state index contributed by atoms with van der Waals surface area (Å²) in [6.07, 6.45) is -4.97. The second kappa shape index (κ2) is 3.53. The first kappa shape index (κ1) is 10.3. The van der Waals surface area contributed by atoms with Crippen molar-refractivity contribution in [3.8, 4) is 0 Å². The molecule has 1 fully saturated rings. The summed E-state index contributed by atoms with van der Waals surface area (Å²) in [6.45, 7) is -0.649. The molecule has 2 N–H and O–H groups in total. The number of aliphatic hydroxyl groups is 1. The van der Waals surface area contributed by atoms with Crippen molar-refractivity contribution in [2.45, 2.75) is 12.6 Å². The first-order chi connectivity index (χ1) is 5.95. The van der Waals surface area contributed by atoms with E-state index in [-0.39, 0.29) is 6.54 Å². The van der Waals surface area contributed by atoms with Crippen LogP contribution in [0, 0.1) is 11.8 Å². The number of hydrogen-bond acceptors (Lipinski definition) is 2. The molecule has 0 saturated carbocycles. The highest BCUT2D eigenvalue weighted by Gasteiger charge is 2.47. The molecule has 13 heavy (non-hydrogen) atoms. The molecule has 1 aliphatic heterocycles. The van der Waals surface area contributed by atoms with Gasteiger partial charge in [-0.15, -0.1) is 0 Å². The van der Waals surface area contributed by atoms with Crippen LogP contribution >= 0.6 is 0 Å². The number of rotatable bonds is 1. The average Bonchev–Trinajstić information content (AvgIpc) is 2.03. The summed E-state index contributed by atoms with van der Waals surface area (Å²) >= 11 is 0. The molecule has 3 nitrogen and oxygen atoms in total. The first-order valence-corrected chi connectivity index (χ1v) is 3.89. The minimum atomic E-state index is -4.40. The fourth-order valence-corrected chi connectivity index (χ4v) is 1.40. The van der Waals surface area contributed by atoms with Crippen molar-refractivity contribution in [2.75, 3.05) is 13.2 Å². The maximum atomic E-state index is 12.3. The number of carbonyl (C=O) groups is 1. The van der Waals surface area contributed by atoms with Crippen molar-refractivity contribution >= 4 is 5.91 Å². The zero-order valence-corrected chi connectivity index (χ0v) is 6.77. The highest BCUT2D eigenvalue weighted by atomic mass is 19.4. The lowest BCUT2D eigenvalue weighted by atomic mass is 9.86. The number of alkyl halides is 3. The lowest BCUT2D eigenvalue weighted by Crippen LogP contribution is -2.47. The molecule has 2 atom stereocenters. The minimum absolute atomic E-state index is 0.0977. The van der Waals surface area contributed by atoms with E-state index in [1.54, 1.807) is 0 Å². The van der Waals surface area contributed by atoms with Crippen LogP contribution < -0.4 is 5.32 Å². The van der Waals surface area contributed by atoms with Crippen LogP contribution in [0.4, 0.5) is 13.2 Å². The molecule has 0 spiro atoms. The number of hydrogen-bond donors (Lipinski definition) is 2. The largest absolute Gasteiger partial charge is 0.396 e. The summed E-state index contributed by atoms with van der Waals surface area (Å²) in [6, 6.07) is 0. The van der Waals surface area contributed by atoms with Crippen LogP contribution in [0.15, 0.2) is 0 Å². The van der Waals surface area contributed by atoms with Crippen molar-refractivity contribution in [1.82, 2.24) is 5.32 Å². The third-order valence-electron chi connectivity index (χ3n) is 2.19. The van der Waals surface area contributed by atoms with E-state index in [1.165, 1.54) is 0 Å². The van der Waals surface area contributed by atoms with E-state index in [4.69, 9.17) is 5.11 Å². The lowest BCUT2D eigenvalue weighted by molar-refractivity contribution is -0.199. The fraction of sp³-hybridized carbons (Fsp3) is 0.857. The second-order valence-electron chi connectivity index (χ2n) is 3.10. The van der Waals surface area contributed by atoms with Crippen molar-refractivity contribution in [1.29, 1.82) is 0 Å². The van der Waals surface area contributed by atoms with E-state index < -0.39 is 36.9 Å². The zero-order valence-electron chi connectivity index (χ0n) is 6.77. The number of halogens is 3. The van der Waals surface area contributed by atoms with E-state index in [0.29, 0.717) is 0 Å². The Hall–Kier alpha value is -0.780. The zero-order chi connectivity index (χ0) is 10.1. The molecular weight excluding hydrogens is 187 g/mol. The third kappa shape index (κ3) is 2.33. The number of piperidine rings is 1. The molecule has 76 valence electrons. The molecule has 0 aromatic rings. The highest BCUT2D eigenvalue weighted by Crippen LogP contribution is 2.35. The van der Waals surface area contributed by atoms with E-state index in [1.807, 2.05) is 0 Å². The molecule has 2 unspecified atom stereocenters. The first-order valence-electron chi connectivity index (χ1n) is 3.89. The topological polar surface area (TPSA) is 49.3 Å². The van der Waals surface area contributed by atoms with Crippen molar-refractivity contribution in [3.63, 3.8) is 0 Å². The standard InChI is InChI=1S/C7H10F3NO2/c8-7(9,10)5-1-6(13)11-2-4(5)3-12/h4-5,12H,1-3H2,(H,11,13). The van der Waals surface area contributed by atoms with Crippen LogP contribution in [0.1, 0.15) is 6.42 Å². The quantitative estimate of drug-likeness (QED) is 0.634. The Kier molecular flexibility index (Phi) is 2.80. The second-order valence-corrected chi connectivity index (χ2v) is 3.10. The number of nitrogens with one attached hydrogen (secondary N) is 1. The molecule has 1 saturated heterocycles. The van der Waals surface area contributed by atoms with Gasteiger partial charge in [0.05, 0.1) is 5.92 Å². The van der Waals surface area contributed by atoms with Crippen LogP contribution in [-0.4, -0.2) is 30.3 Å². The molecule has 1 heterocycles. The predicted molar refractivity (Wildman–Crippen MR) is 37.7 cm³/mol. The summed E-state index contributed by atoms with van der Waals surface area (Å²) in [4.78, 5) is 10.7. The van der Waals surface area contributed by atoms with E-state index in [9.17, 15) is 18.0 Å². The Morgan fingerprint density at radius 2 is 2.15 bits per heavy atom. The molecule has 0 aliphatic carbocycles. The summed E-state index contributed by atoms with van der Waals surface area (Å²) in [7, 11) is 0. The van der Waals surface area contributed by atoms with E-state index >= 15 is 0 Å². The Balaban J connectivity index is 2.71. The summed E-state index contributed by atoms with van der Waals surface area (Å²) < 4.78 is 36.8. The molecule has 1 amide bonds. The molecule has 1 aliphatic rings. The normalized spacial score (nSPS) is 30.0. The molecule has 1 rings (SSSR count). The number of amides is 1. The van der Waals surface area contributed by atoms with Gasteiger partial charge < -0.3 is 10.4 Å². The van der Waals surface area contributed by atoms with Crippen LogP contribution in [0.2, 0.25) is 0 Å². The predicted octanol–water partition coefficient (Wildman–Crippen LogP) is 0.293. The Bertz CT molecular complexity index is 204. The van der Waals surface area contributed by atoms with Crippen molar-refractivity contribution in [2.24, 2.45) is 11.8 Å². The van der Waals surface area contributed by atoms with Crippen molar-refractivity contribution < 1.29 is 23.1 Å². The lowest BCUT2D eigenvalue weighted by Gasteiger charge is -2.31. The van der Waals surface area contributed by atoms with Gasteiger partial charge in [-0.2, -0.15) is 13.2 Å². The average molecular weight is 197 g/mol. The van der Waals surface area contributed by atoms with Crippen LogP contribution in [0.3, 0.4) is 0 Å². The van der Waals surface area contributed by atoms with Gasteiger partial charge in [0.1, 0.15) is 0 Å². The minimum Gasteiger partial charge on any atom is -0.396 e. The Morgan fingerprint density at radius 3 is 2.62 bits per heavy atom. The van der Waals surface area contributed by atoms with E-state index in [2.05, 4.69) is 5.32 Å². The SMILES string of the molecule is O=C1CC(C(F)(F)F)C(CO)CN1. The van der Waals surface area contributed by atoms with Gasteiger partial charge >= 0.3 is 6.18 Å². The van der Waals surface area contributed by atoms with Crippen LogP contribution in [-0.2, 0) is 4.79 Å². The van der Waals surface area contributed by atoms with Gasteiger partial charge in [0.15, 0.2) is 0 Å². The van der Waals surface area contributed by atoms with Crippen LogP contribution in [0.25, 0.3) is 0 Å². The maximum Gasteiger partial charge on any atom is 0.392 e. The summed E-state index contributed by atoms with van der Waals surface area (Å²) in [5, 5.41) is 10.9. The molecule has 0 aromatic carbocycles.